The molecule has 29 heavy (non-hydrogen) atoms. The molecule has 2 aromatic rings. The van der Waals surface area contributed by atoms with Crippen LogP contribution < -0.4 is 10.1 Å². The first-order valence-corrected chi connectivity index (χ1v) is 11.7. The molecule has 6 nitrogen and oxygen atoms in total. The van der Waals surface area contributed by atoms with E-state index in [1.165, 1.54) is 23.5 Å². The van der Waals surface area contributed by atoms with Gasteiger partial charge in [0.15, 0.2) is 0 Å². The molecule has 1 fully saturated rings. The SMILES string of the molecule is COc1ccc(S(=O)(=O)N2CCCC(C(=O)NC(C)c3ccccc3Br)C2)cc1. The Morgan fingerprint density at radius 2 is 1.90 bits per heavy atom. The number of carbonyl (C=O) groups excluding carboxylic acids is 1. The molecule has 1 aliphatic rings. The topological polar surface area (TPSA) is 75.7 Å². The summed E-state index contributed by atoms with van der Waals surface area (Å²) in [5.74, 6) is 0.102. The molecular formula is C21H25BrN2O4S. The first kappa shape index (κ1) is 21.8. The number of ether oxygens (including phenoxy) is 1. The van der Waals surface area contributed by atoms with Gasteiger partial charge in [-0.1, -0.05) is 34.1 Å². The minimum Gasteiger partial charge on any atom is -0.497 e. The molecule has 0 radical (unpaired) electrons. The minimum atomic E-state index is -3.65. The average molecular weight is 481 g/mol. The molecule has 2 atom stereocenters. The molecular weight excluding hydrogens is 456 g/mol. The summed E-state index contributed by atoms with van der Waals surface area (Å²) >= 11 is 3.51. The zero-order chi connectivity index (χ0) is 21.0. The third-order valence-electron chi connectivity index (χ3n) is 5.18. The Hall–Kier alpha value is -1.90. The summed E-state index contributed by atoms with van der Waals surface area (Å²) in [6.07, 6.45) is 1.32. The van der Waals surface area contributed by atoms with E-state index in [2.05, 4.69) is 21.2 Å². The van der Waals surface area contributed by atoms with Crippen LogP contribution >= 0.6 is 15.9 Å². The van der Waals surface area contributed by atoms with Crippen LogP contribution in [-0.4, -0.2) is 38.8 Å². The Morgan fingerprint density at radius 1 is 1.21 bits per heavy atom. The largest absolute Gasteiger partial charge is 0.497 e. The number of nitrogens with zero attached hydrogens (tertiary/aromatic N) is 1. The third kappa shape index (κ3) is 4.99. The second-order valence-electron chi connectivity index (χ2n) is 7.13. The Morgan fingerprint density at radius 3 is 2.55 bits per heavy atom. The summed E-state index contributed by atoms with van der Waals surface area (Å²) in [4.78, 5) is 13.0. The molecule has 2 aromatic carbocycles. The van der Waals surface area contributed by atoms with E-state index in [9.17, 15) is 13.2 Å². The second kappa shape index (κ2) is 9.28. The van der Waals surface area contributed by atoms with E-state index in [-0.39, 0.29) is 29.3 Å². The fraction of sp³-hybridized carbons (Fsp3) is 0.381. The van der Waals surface area contributed by atoms with Gasteiger partial charge in [-0.15, -0.1) is 0 Å². The molecule has 1 N–H and O–H groups in total. The monoisotopic (exact) mass is 480 g/mol. The van der Waals surface area contributed by atoms with Gasteiger partial charge >= 0.3 is 0 Å². The molecule has 0 bridgehead atoms. The molecule has 8 heteroatoms. The van der Waals surface area contributed by atoms with Crippen molar-refractivity contribution in [2.45, 2.75) is 30.7 Å². The zero-order valence-electron chi connectivity index (χ0n) is 16.5. The highest BCUT2D eigenvalue weighted by molar-refractivity contribution is 9.10. The number of benzene rings is 2. The van der Waals surface area contributed by atoms with Crippen LogP contribution in [0.2, 0.25) is 0 Å². The summed E-state index contributed by atoms with van der Waals surface area (Å²) in [5.41, 5.74) is 0.986. The molecule has 0 spiro atoms. The molecule has 1 saturated heterocycles. The van der Waals surface area contributed by atoms with E-state index in [1.54, 1.807) is 12.1 Å². The van der Waals surface area contributed by atoms with Gasteiger partial charge in [0.2, 0.25) is 15.9 Å². The predicted molar refractivity (Wildman–Crippen MR) is 115 cm³/mol. The Labute approximate surface area is 180 Å². The Bertz CT molecular complexity index is 963. The smallest absolute Gasteiger partial charge is 0.243 e. The second-order valence-corrected chi connectivity index (χ2v) is 9.92. The van der Waals surface area contributed by atoms with Gasteiger partial charge in [-0.25, -0.2) is 8.42 Å². The number of carbonyl (C=O) groups is 1. The molecule has 1 amide bonds. The van der Waals surface area contributed by atoms with Crippen molar-refractivity contribution in [3.05, 3.63) is 58.6 Å². The number of methoxy groups -OCH3 is 1. The van der Waals surface area contributed by atoms with Crippen molar-refractivity contribution >= 4 is 31.9 Å². The predicted octanol–water partition coefficient (Wildman–Crippen LogP) is 3.74. The van der Waals surface area contributed by atoms with Crippen LogP contribution in [0.15, 0.2) is 57.9 Å². The van der Waals surface area contributed by atoms with Crippen LogP contribution in [0.3, 0.4) is 0 Å². The van der Waals surface area contributed by atoms with Crippen molar-refractivity contribution in [3.63, 3.8) is 0 Å². The van der Waals surface area contributed by atoms with Gasteiger partial charge in [0, 0.05) is 17.6 Å². The van der Waals surface area contributed by atoms with Gasteiger partial charge in [-0.2, -0.15) is 4.31 Å². The first-order chi connectivity index (χ1) is 13.8. The number of rotatable bonds is 6. The van der Waals surface area contributed by atoms with E-state index >= 15 is 0 Å². The van der Waals surface area contributed by atoms with Crippen LogP contribution in [0.1, 0.15) is 31.4 Å². The van der Waals surface area contributed by atoms with Crippen LogP contribution in [0.25, 0.3) is 0 Å². The van der Waals surface area contributed by atoms with E-state index in [0.29, 0.717) is 25.1 Å². The maximum absolute atomic E-state index is 13.0. The molecule has 156 valence electrons. The standard InChI is InChI=1S/C21H25BrN2O4S/c1-15(19-7-3-4-8-20(19)22)23-21(25)16-6-5-13-24(14-16)29(26,27)18-11-9-17(28-2)10-12-18/h3-4,7-12,15-16H,5-6,13-14H2,1-2H3,(H,23,25). The molecule has 3 rings (SSSR count). The lowest BCUT2D eigenvalue weighted by atomic mass is 9.98. The fourth-order valence-corrected chi connectivity index (χ4v) is 5.66. The number of hydrogen-bond acceptors (Lipinski definition) is 4. The Balaban J connectivity index is 1.69. The number of nitrogens with one attached hydrogen (secondary N) is 1. The van der Waals surface area contributed by atoms with Gasteiger partial charge in [0.05, 0.1) is 24.0 Å². The maximum atomic E-state index is 13.0. The van der Waals surface area contributed by atoms with Crippen LogP contribution in [-0.2, 0) is 14.8 Å². The summed E-state index contributed by atoms with van der Waals surface area (Å²) in [5, 5.41) is 3.03. The lowest BCUT2D eigenvalue weighted by Crippen LogP contribution is -2.45. The van der Waals surface area contributed by atoms with Crippen molar-refractivity contribution in [1.29, 1.82) is 0 Å². The number of amides is 1. The van der Waals surface area contributed by atoms with Crippen molar-refractivity contribution in [1.82, 2.24) is 9.62 Å². The highest BCUT2D eigenvalue weighted by atomic mass is 79.9. The highest BCUT2D eigenvalue weighted by Gasteiger charge is 2.33. The van der Waals surface area contributed by atoms with Gasteiger partial charge in [-0.05, 0) is 55.7 Å². The molecule has 0 aliphatic carbocycles. The summed E-state index contributed by atoms with van der Waals surface area (Å²) in [6, 6.07) is 13.9. The number of sulfonamides is 1. The number of hydrogen-bond donors (Lipinski definition) is 1. The molecule has 1 aliphatic heterocycles. The number of piperidine rings is 1. The highest BCUT2D eigenvalue weighted by Crippen LogP contribution is 2.27. The van der Waals surface area contributed by atoms with E-state index in [1.807, 2.05) is 31.2 Å². The average Bonchev–Trinajstić information content (AvgIpc) is 2.74. The minimum absolute atomic E-state index is 0.122. The molecule has 2 unspecified atom stereocenters. The van der Waals surface area contributed by atoms with Crippen molar-refractivity contribution in [2.75, 3.05) is 20.2 Å². The summed E-state index contributed by atoms with van der Waals surface area (Å²) in [6.45, 7) is 2.52. The number of halogens is 1. The summed E-state index contributed by atoms with van der Waals surface area (Å²) in [7, 11) is -2.12. The van der Waals surface area contributed by atoms with E-state index in [4.69, 9.17) is 4.74 Å². The summed E-state index contributed by atoms with van der Waals surface area (Å²) < 4.78 is 33.4. The molecule has 1 heterocycles. The van der Waals surface area contributed by atoms with Crippen molar-refractivity contribution < 1.29 is 17.9 Å². The quantitative estimate of drug-likeness (QED) is 0.682. The van der Waals surface area contributed by atoms with E-state index in [0.717, 1.165) is 10.0 Å². The third-order valence-corrected chi connectivity index (χ3v) is 7.78. The van der Waals surface area contributed by atoms with Crippen molar-refractivity contribution in [2.24, 2.45) is 5.92 Å². The van der Waals surface area contributed by atoms with Crippen LogP contribution in [0.5, 0.6) is 5.75 Å². The van der Waals surface area contributed by atoms with Crippen LogP contribution in [0.4, 0.5) is 0 Å². The first-order valence-electron chi connectivity index (χ1n) is 9.52. The van der Waals surface area contributed by atoms with Gasteiger partial charge in [-0.3, -0.25) is 4.79 Å². The van der Waals surface area contributed by atoms with Crippen LogP contribution in [0, 0.1) is 5.92 Å². The fourth-order valence-electron chi connectivity index (χ4n) is 3.51. The lowest BCUT2D eigenvalue weighted by Gasteiger charge is -2.32. The molecule has 0 aromatic heterocycles. The maximum Gasteiger partial charge on any atom is 0.243 e. The normalized spacial score (nSPS) is 18.8. The Kier molecular flexibility index (Phi) is 6.97. The van der Waals surface area contributed by atoms with Gasteiger partial charge in [0.25, 0.3) is 0 Å². The molecule has 0 saturated carbocycles. The zero-order valence-corrected chi connectivity index (χ0v) is 18.9. The van der Waals surface area contributed by atoms with Crippen molar-refractivity contribution in [3.8, 4) is 5.75 Å². The van der Waals surface area contributed by atoms with Gasteiger partial charge < -0.3 is 10.1 Å². The lowest BCUT2D eigenvalue weighted by molar-refractivity contribution is -0.126. The van der Waals surface area contributed by atoms with Gasteiger partial charge in [0.1, 0.15) is 5.75 Å². The van der Waals surface area contributed by atoms with E-state index < -0.39 is 10.0 Å².